The Morgan fingerprint density at radius 1 is 1.62 bits per heavy atom. The number of carbonyl (C=O) groups is 2. The van der Waals surface area contributed by atoms with E-state index >= 15 is 0 Å². The van der Waals surface area contributed by atoms with Crippen LogP contribution >= 0.6 is 0 Å². The van der Waals surface area contributed by atoms with Crippen LogP contribution in [0.3, 0.4) is 0 Å². The molecule has 3 aliphatic rings. The molecule has 5 atom stereocenters. The lowest BCUT2D eigenvalue weighted by Crippen LogP contribution is -2.48. The molecule has 2 fully saturated rings. The lowest BCUT2D eigenvalue weighted by molar-refractivity contribution is -0.141. The van der Waals surface area contributed by atoms with Crippen molar-refractivity contribution >= 4 is 12.2 Å². The van der Waals surface area contributed by atoms with Crippen LogP contribution in [0.15, 0.2) is 24.8 Å². The Labute approximate surface area is 94.8 Å². The highest BCUT2D eigenvalue weighted by Crippen LogP contribution is 2.62. The normalized spacial score (nSPS) is 48.6. The van der Waals surface area contributed by atoms with Gasteiger partial charge in [-0.1, -0.05) is 18.2 Å². The number of aldehydes is 1. The number of piperidine rings is 1. The van der Waals surface area contributed by atoms with Gasteiger partial charge < -0.3 is 9.69 Å². The zero-order valence-corrected chi connectivity index (χ0v) is 9.30. The summed E-state index contributed by atoms with van der Waals surface area (Å²) in [7, 11) is 1.81. The number of likely N-dealkylation sites (tertiary alicyclic amines) is 1. The maximum atomic E-state index is 12.3. The Morgan fingerprint density at radius 3 is 2.94 bits per heavy atom. The topological polar surface area (TPSA) is 37.4 Å². The number of carbonyl (C=O) groups excluding carboxylic acids is 2. The van der Waals surface area contributed by atoms with Crippen LogP contribution in [0.25, 0.3) is 0 Å². The quantitative estimate of drug-likeness (QED) is 0.511. The minimum atomic E-state index is -0.500. The number of amides is 1. The van der Waals surface area contributed by atoms with Crippen molar-refractivity contribution in [3.8, 4) is 0 Å². The van der Waals surface area contributed by atoms with Crippen LogP contribution in [-0.2, 0) is 9.59 Å². The molecule has 1 saturated heterocycles. The molecule has 16 heavy (non-hydrogen) atoms. The standard InChI is InChI=1S/C13H15NO2/c1-3-13-9-5-4-6-10(13)11(8(9)7-15)14(2)12(13)16/h3-5,7-11H,1,6H2,2H3. The minimum absolute atomic E-state index is 0.0370. The third kappa shape index (κ3) is 0.751. The summed E-state index contributed by atoms with van der Waals surface area (Å²) >= 11 is 0. The first-order valence-electron chi connectivity index (χ1n) is 5.71. The highest BCUT2D eigenvalue weighted by Gasteiger charge is 2.69. The highest BCUT2D eigenvalue weighted by atomic mass is 16.2. The Kier molecular flexibility index (Phi) is 1.74. The molecule has 0 aromatic heterocycles. The van der Waals surface area contributed by atoms with Crippen molar-refractivity contribution < 1.29 is 9.59 Å². The molecule has 1 saturated carbocycles. The molecular formula is C13H15NO2. The summed E-state index contributed by atoms with van der Waals surface area (Å²) in [6.45, 7) is 3.85. The van der Waals surface area contributed by atoms with Crippen molar-refractivity contribution in [2.45, 2.75) is 12.5 Å². The third-order valence-corrected chi connectivity index (χ3v) is 4.75. The Bertz CT molecular complexity index is 414. The summed E-state index contributed by atoms with van der Waals surface area (Å²) in [6.07, 6.45) is 7.84. The van der Waals surface area contributed by atoms with Gasteiger partial charge in [-0.2, -0.15) is 0 Å². The van der Waals surface area contributed by atoms with Gasteiger partial charge in [-0.25, -0.2) is 0 Å². The van der Waals surface area contributed by atoms with Crippen LogP contribution in [0, 0.1) is 23.2 Å². The van der Waals surface area contributed by atoms with E-state index in [0.717, 1.165) is 12.7 Å². The van der Waals surface area contributed by atoms with Gasteiger partial charge in [0, 0.05) is 30.8 Å². The fraction of sp³-hybridized carbons (Fsp3) is 0.538. The van der Waals surface area contributed by atoms with Crippen LogP contribution in [0.4, 0.5) is 0 Å². The molecule has 3 heteroatoms. The van der Waals surface area contributed by atoms with Gasteiger partial charge in [-0.3, -0.25) is 4.79 Å². The Hall–Kier alpha value is -1.38. The SMILES string of the molecule is C=CC12C(=O)N(C)C3C(C=O)C1C=CCC32. The largest absolute Gasteiger partial charge is 0.341 e. The first-order chi connectivity index (χ1) is 7.68. The van der Waals surface area contributed by atoms with Gasteiger partial charge in [0.2, 0.25) is 5.91 Å². The second-order valence-corrected chi connectivity index (χ2v) is 5.05. The van der Waals surface area contributed by atoms with E-state index < -0.39 is 5.41 Å². The van der Waals surface area contributed by atoms with E-state index in [9.17, 15) is 9.59 Å². The zero-order chi connectivity index (χ0) is 11.5. The molecule has 84 valence electrons. The fourth-order valence-corrected chi connectivity index (χ4v) is 4.13. The molecule has 0 radical (unpaired) electrons. The van der Waals surface area contributed by atoms with E-state index in [0.29, 0.717) is 0 Å². The van der Waals surface area contributed by atoms with Crippen LogP contribution in [0.5, 0.6) is 0 Å². The lowest BCUT2D eigenvalue weighted by Gasteiger charge is -2.37. The predicted molar refractivity (Wildman–Crippen MR) is 59.5 cm³/mol. The first kappa shape index (κ1) is 9.82. The Balaban J connectivity index is 2.21. The van der Waals surface area contributed by atoms with Crippen LogP contribution in [0.1, 0.15) is 6.42 Å². The lowest BCUT2D eigenvalue weighted by atomic mass is 9.67. The monoisotopic (exact) mass is 217 g/mol. The summed E-state index contributed by atoms with van der Waals surface area (Å²) in [6, 6.07) is 0.0722. The van der Waals surface area contributed by atoms with Crippen LogP contribution < -0.4 is 0 Å². The Morgan fingerprint density at radius 2 is 2.38 bits per heavy atom. The summed E-state index contributed by atoms with van der Waals surface area (Å²) in [5, 5.41) is 0. The summed E-state index contributed by atoms with van der Waals surface area (Å²) < 4.78 is 0. The zero-order valence-electron chi connectivity index (χ0n) is 9.30. The van der Waals surface area contributed by atoms with Crippen LogP contribution in [-0.4, -0.2) is 30.2 Å². The highest BCUT2D eigenvalue weighted by molar-refractivity contribution is 5.92. The van der Waals surface area contributed by atoms with E-state index in [-0.39, 0.29) is 29.7 Å². The van der Waals surface area contributed by atoms with Crippen molar-refractivity contribution in [1.82, 2.24) is 4.90 Å². The smallest absolute Gasteiger partial charge is 0.233 e. The third-order valence-electron chi connectivity index (χ3n) is 4.75. The number of hydrogen-bond donors (Lipinski definition) is 0. The minimum Gasteiger partial charge on any atom is -0.341 e. The summed E-state index contributed by atoms with van der Waals surface area (Å²) in [5.41, 5.74) is -0.500. The van der Waals surface area contributed by atoms with Crippen LogP contribution in [0.2, 0.25) is 0 Å². The number of rotatable bonds is 2. The van der Waals surface area contributed by atoms with Gasteiger partial charge in [-0.05, 0) is 6.42 Å². The molecule has 4 bridgehead atoms. The van der Waals surface area contributed by atoms with Gasteiger partial charge in [0.1, 0.15) is 6.29 Å². The summed E-state index contributed by atoms with van der Waals surface area (Å²) in [4.78, 5) is 25.3. The van der Waals surface area contributed by atoms with Crippen molar-refractivity contribution in [2.75, 3.05) is 7.05 Å². The van der Waals surface area contributed by atoms with Gasteiger partial charge >= 0.3 is 0 Å². The molecular weight excluding hydrogens is 202 g/mol. The molecule has 1 heterocycles. The molecule has 3 nitrogen and oxygen atoms in total. The second kappa shape index (κ2) is 2.84. The van der Waals surface area contributed by atoms with Gasteiger partial charge in [0.05, 0.1) is 5.41 Å². The predicted octanol–water partition coefficient (Wildman–Crippen LogP) is 1.02. The average Bonchev–Trinajstić information content (AvgIpc) is 2.59. The van der Waals surface area contributed by atoms with Gasteiger partial charge in [-0.15, -0.1) is 6.58 Å². The molecule has 1 aliphatic heterocycles. The fourth-order valence-electron chi connectivity index (χ4n) is 4.13. The van der Waals surface area contributed by atoms with Crippen molar-refractivity contribution in [3.63, 3.8) is 0 Å². The van der Waals surface area contributed by atoms with E-state index in [1.54, 1.807) is 11.0 Å². The maximum Gasteiger partial charge on any atom is 0.233 e. The maximum absolute atomic E-state index is 12.3. The van der Waals surface area contributed by atoms with E-state index in [4.69, 9.17) is 0 Å². The molecule has 3 rings (SSSR count). The first-order valence-corrected chi connectivity index (χ1v) is 5.71. The van der Waals surface area contributed by atoms with E-state index in [2.05, 4.69) is 12.7 Å². The molecule has 2 aliphatic carbocycles. The number of allylic oxidation sites excluding steroid dienone is 2. The van der Waals surface area contributed by atoms with E-state index in [1.165, 1.54) is 0 Å². The van der Waals surface area contributed by atoms with Gasteiger partial charge in [0.25, 0.3) is 0 Å². The second-order valence-electron chi connectivity index (χ2n) is 5.05. The van der Waals surface area contributed by atoms with Gasteiger partial charge in [0.15, 0.2) is 0 Å². The number of hydrogen-bond acceptors (Lipinski definition) is 2. The molecule has 1 amide bonds. The molecule has 5 unspecified atom stereocenters. The van der Waals surface area contributed by atoms with Crippen molar-refractivity contribution in [1.29, 1.82) is 0 Å². The molecule has 0 aromatic rings. The average molecular weight is 217 g/mol. The molecule has 0 N–H and O–H groups in total. The number of nitrogens with zero attached hydrogens (tertiary/aromatic N) is 1. The van der Waals surface area contributed by atoms with E-state index in [1.807, 2.05) is 13.1 Å². The molecule has 0 aromatic carbocycles. The summed E-state index contributed by atoms with van der Waals surface area (Å²) in [5.74, 6) is 0.372. The van der Waals surface area contributed by atoms with Crippen molar-refractivity contribution in [3.05, 3.63) is 24.8 Å². The molecule has 0 spiro atoms. The van der Waals surface area contributed by atoms with Crippen molar-refractivity contribution in [2.24, 2.45) is 23.2 Å².